The first-order valence-corrected chi connectivity index (χ1v) is 14.9. The van der Waals surface area contributed by atoms with Crippen molar-refractivity contribution in [3.05, 3.63) is 87.9 Å². The van der Waals surface area contributed by atoms with Crippen LogP contribution in [0, 0.1) is 17.7 Å². The van der Waals surface area contributed by atoms with E-state index in [1.54, 1.807) is 30.3 Å². The van der Waals surface area contributed by atoms with Crippen LogP contribution in [0.1, 0.15) is 89.7 Å². The lowest BCUT2D eigenvalue weighted by atomic mass is 9.97. The van der Waals surface area contributed by atoms with Crippen LogP contribution < -0.4 is 20.3 Å². The molecule has 2 aromatic carbocycles. The monoisotopic (exact) mass is 626 g/mol. The van der Waals surface area contributed by atoms with E-state index in [0.29, 0.717) is 35.5 Å². The number of aromatic nitrogens is 3. The first kappa shape index (κ1) is 30.4. The number of benzene rings is 2. The average molecular weight is 627 g/mol. The van der Waals surface area contributed by atoms with Crippen molar-refractivity contribution < 1.29 is 26.7 Å². The van der Waals surface area contributed by atoms with Gasteiger partial charge in [-0.2, -0.15) is 5.10 Å². The fourth-order valence-corrected chi connectivity index (χ4v) is 5.77. The molecule has 0 radical (unpaired) electrons. The van der Waals surface area contributed by atoms with Gasteiger partial charge in [0.15, 0.2) is 5.65 Å². The number of fused-ring (bicyclic) bond motifs is 3. The molecule has 46 heavy (non-hydrogen) atoms. The van der Waals surface area contributed by atoms with Gasteiger partial charge in [0.25, 0.3) is 11.8 Å². The molecule has 0 unspecified atom stereocenters. The van der Waals surface area contributed by atoms with Gasteiger partial charge in [0, 0.05) is 21.5 Å². The zero-order chi connectivity index (χ0) is 32.7. The van der Waals surface area contributed by atoms with Crippen LogP contribution in [0.25, 0.3) is 5.65 Å². The van der Waals surface area contributed by atoms with Gasteiger partial charge in [-0.1, -0.05) is 12.1 Å². The van der Waals surface area contributed by atoms with E-state index in [4.69, 9.17) is 20.3 Å². The van der Waals surface area contributed by atoms with Gasteiger partial charge in [-0.3, -0.25) is 25.3 Å². The number of rotatable bonds is 7. The second kappa shape index (κ2) is 11.7. The number of carbonyl (C=O) groups excluding carboxylic acids is 3. The molecule has 2 aliphatic rings. The summed E-state index contributed by atoms with van der Waals surface area (Å²) >= 11 is 0. The molecule has 0 saturated carbocycles. The standard InChI is InChI=1S/C33H34N8O5.2H2/c1-18-20-8-9-23(22(20)7-6-21(18)32(44)46-33(2,3)4)39-31(43)26-14-24(38-29-11-12-37-41(26)29)30(42)36-15-19-5-10-27-25(13-19)40(17-34)28(35)16-45-27;;/h5-7,10-14,17,23,34-35H,8-9,15-16H2,1-4H3,(H,36,42)(H,39,43);2*1H/t23-;;/m0../s1. The highest BCUT2D eigenvalue weighted by Crippen LogP contribution is 2.36. The highest BCUT2D eigenvalue weighted by molar-refractivity contribution is 6.12. The third-order valence-electron chi connectivity index (χ3n) is 7.96. The maximum Gasteiger partial charge on any atom is 0.338 e. The SMILES string of the molecule is Cc1c(C(=O)OC(C)(C)C)ccc2c1CC[C@@H]2NC(=O)c1cc(C(=O)NCc2ccc3c(c2)N(C=N)C(=N)CO3)nc2ccnn12.[HH].[HH]. The van der Waals surface area contributed by atoms with Crippen LogP contribution in [-0.2, 0) is 17.7 Å². The van der Waals surface area contributed by atoms with Gasteiger partial charge < -0.3 is 20.1 Å². The van der Waals surface area contributed by atoms with Crippen LogP contribution in [0.4, 0.5) is 5.69 Å². The molecule has 0 fully saturated rings. The summed E-state index contributed by atoms with van der Waals surface area (Å²) in [6.45, 7) is 7.60. The van der Waals surface area contributed by atoms with Crippen LogP contribution in [0.15, 0.2) is 48.7 Å². The molecule has 0 bridgehead atoms. The highest BCUT2D eigenvalue weighted by atomic mass is 16.6. The minimum Gasteiger partial charge on any atom is -0.483 e. The van der Waals surface area contributed by atoms with E-state index in [0.717, 1.165) is 28.6 Å². The fraction of sp³-hybridized carbons (Fsp3) is 0.303. The topological polar surface area (TPSA) is 175 Å². The Morgan fingerprint density at radius 1 is 1.15 bits per heavy atom. The summed E-state index contributed by atoms with van der Waals surface area (Å²) < 4.78 is 12.5. The van der Waals surface area contributed by atoms with E-state index < -0.39 is 17.4 Å². The van der Waals surface area contributed by atoms with E-state index in [-0.39, 0.29) is 45.2 Å². The number of nitrogens with zero attached hydrogens (tertiary/aromatic N) is 4. The molecular weight excluding hydrogens is 588 g/mol. The molecule has 13 nitrogen and oxygen atoms in total. The van der Waals surface area contributed by atoms with Crippen LogP contribution in [0.5, 0.6) is 5.75 Å². The van der Waals surface area contributed by atoms with Crippen molar-refractivity contribution in [2.45, 2.75) is 58.7 Å². The van der Waals surface area contributed by atoms with Crippen LogP contribution in [0.3, 0.4) is 0 Å². The van der Waals surface area contributed by atoms with Crippen molar-refractivity contribution in [3.8, 4) is 5.75 Å². The lowest BCUT2D eigenvalue weighted by Gasteiger charge is -2.28. The van der Waals surface area contributed by atoms with Crippen molar-refractivity contribution in [2.75, 3.05) is 11.5 Å². The molecule has 2 amide bonds. The van der Waals surface area contributed by atoms with Crippen LogP contribution in [0.2, 0.25) is 0 Å². The number of carbonyl (C=O) groups is 3. The number of esters is 1. The predicted octanol–water partition coefficient (Wildman–Crippen LogP) is 4.62. The Kier molecular flexibility index (Phi) is 7.76. The Bertz CT molecular complexity index is 1940. The largest absolute Gasteiger partial charge is 0.483 e. The summed E-state index contributed by atoms with van der Waals surface area (Å²) in [7, 11) is 0. The van der Waals surface area contributed by atoms with Gasteiger partial charge in [0.05, 0.1) is 29.8 Å². The Hall–Kier alpha value is -5.59. The van der Waals surface area contributed by atoms with E-state index in [9.17, 15) is 14.4 Å². The molecule has 2 aromatic heterocycles. The molecule has 1 aliphatic heterocycles. The molecular formula is C33H38N8O5. The number of hydrogen-bond donors (Lipinski definition) is 4. The third kappa shape index (κ3) is 5.78. The highest BCUT2D eigenvalue weighted by Gasteiger charge is 2.30. The smallest absolute Gasteiger partial charge is 0.338 e. The number of amidine groups is 1. The molecule has 3 heterocycles. The molecule has 1 aliphatic carbocycles. The van der Waals surface area contributed by atoms with Crippen molar-refractivity contribution in [2.24, 2.45) is 0 Å². The zero-order valence-electron chi connectivity index (χ0n) is 25.9. The first-order chi connectivity index (χ1) is 21.9. The van der Waals surface area contributed by atoms with E-state index in [1.807, 2.05) is 33.8 Å². The molecule has 13 heteroatoms. The number of hydrogen-bond acceptors (Lipinski definition) is 9. The van der Waals surface area contributed by atoms with Gasteiger partial charge >= 0.3 is 5.97 Å². The normalized spacial score (nSPS) is 15.5. The fourth-order valence-electron chi connectivity index (χ4n) is 5.77. The summed E-state index contributed by atoms with van der Waals surface area (Å²) in [6.07, 6.45) is 3.91. The summed E-state index contributed by atoms with van der Waals surface area (Å²) in [5.41, 5.74) is 4.52. The Labute approximate surface area is 267 Å². The maximum absolute atomic E-state index is 13.7. The lowest BCUT2D eigenvalue weighted by Crippen LogP contribution is -2.37. The van der Waals surface area contributed by atoms with E-state index in [1.165, 1.54) is 21.7 Å². The number of ether oxygens (including phenoxy) is 2. The molecule has 6 rings (SSSR count). The number of nitrogens with one attached hydrogen (secondary N) is 4. The molecule has 240 valence electrons. The first-order valence-electron chi connectivity index (χ1n) is 14.9. The van der Waals surface area contributed by atoms with Crippen LogP contribution in [-0.4, -0.2) is 56.8 Å². The van der Waals surface area contributed by atoms with Crippen molar-refractivity contribution >= 4 is 41.3 Å². The predicted molar refractivity (Wildman–Crippen MR) is 174 cm³/mol. The lowest BCUT2D eigenvalue weighted by molar-refractivity contribution is 0.00683. The second-order valence-corrected chi connectivity index (χ2v) is 12.2. The van der Waals surface area contributed by atoms with Crippen molar-refractivity contribution in [1.29, 1.82) is 10.8 Å². The van der Waals surface area contributed by atoms with Gasteiger partial charge in [-0.25, -0.2) is 14.3 Å². The summed E-state index contributed by atoms with van der Waals surface area (Å²) in [5, 5.41) is 25.8. The zero-order valence-corrected chi connectivity index (χ0v) is 25.9. The van der Waals surface area contributed by atoms with Crippen molar-refractivity contribution in [3.63, 3.8) is 0 Å². The summed E-state index contributed by atoms with van der Waals surface area (Å²) in [6, 6.07) is 11.6. The van der Waals surface area contributed by atoms with E-state index >= 15 is 0 Å². The number of amides is 2. The molecule has 0 spiro atoms. The quantitative estimate of drug-likeness (QED) is 0.131. The third-order valence-corrected chi connectivity index (χ3v) is 7.96. The average Bonchev–Trinajstić information content (AvgIpc) is 3.66. The molecule has 4 aromatic rings. The Morgan fingerprint density at radius 2 is 1.96 bits per heavy atom. The van der Waals surface area contributed by atoms with Gasteiger partial charge in [0.2, 0.25) is 0 Å². The van der Waals surface area contributed by atoms with Gasteiger partial charge in [0.1, 0.15) is 35.2 Å². The minimum absolute atomic E-state index is 0. The number of anilines is 1. The molecule has 4 N–H and O–H groups in total. The minimum atomic E-state index is -0.608. The Morgan fingerprint density at radius 3 is 2.72 bits per heavy atom. The summed E-state index contributed by atoms with van der Waals surface area (Å²) in [5.74, 6) is -0.602. The van der Waals surface area contributed by atoms with E-state index in [2.05, 4.69) is 20.7 Å². The van der Waals surface area contributed by atoms with Gasteiger partial charge in [-0.15, -0.1) is 0 Å². The Balaban J connectivity index is 0.00000260. The van der Waals surface area contributed by atoms with Crippen LogP contribution >= 0.6 is 0 Å². The second-order valence-electron chi connectivity index (χ2n) is 12.2. The van der Waals surface area contributed by atoms with Gasteiger partial charge in [-0.05, 0) is 81.0 Å². The summed E-state index contributed by atoms with van der Waals surface area (Å²) in [4.78, 5) is 45.5. The molecule has 1 atom stereocenters. The van der Waals surface area contributed by atoms with Crippen molar-refractivity contribution in [1.82, 2.24) is 25.2 Å². The molecule has 0 saturated heterocycles. The maximum atomic E-state index is 13.7.